The number of nitrogens with zero attached hydrogens (tertiary/aromatic N) is 1. The van der Waals surface area contributed by atoms with Gasteiger partial charge >= 0.3 is 6.18 Å². The van der Waals surface area contributed by atoms with Crippen LogP contribution in [-0.2, 0) is 32.8 Å². The summed E-state index contributed by atoms with van der Waals surface area (Å²) in [6.07, 6.45) is -3.68. The van der Waals surface area contributed by atoms with Crippen LogP contribution >= 0.6 is 11.6 Å². The highest BCUT2D eigenvalue weighted by Crippen LogP contribution is 2.36. The number of rotatable bonds is 9. The third-order valence-electron chi connectivity index (χ3n) is 5.93. The van der Waals surface area contributed by atoms with Gasteiger partial charge in [-0.2, -0.15) is 13.2 Å². The Bertz CT molecular complexity index is 1800. The molecule has 4 rings (SSSR count). The van der Waals surface area contributed by atoms with Crippen LogP contribution in [0.15, 0.2) is 102 Å². The van der Waals surface area contributed by atoms with E-state index in [1.807, 2.05) is 6.07 Å². The van der Waals surface area contributed by atoms with Crippen molar-refractivity contribution >= 4 is 54.6 Å². The van der Waals surface area contributed by atoms with Crippen molar-refractivity contribution in [3.8, 4) is 0 Å². The number of amides is 1. The Morgan fingerprint density at radius 3 is 2.00 bits per heavy atom. The summed E-state index contributed by atoms with van der Waals surface area (Å²) in [5, 5.41) is 2.04. The molecular weight excluding hydrogens is 615 g/mol. The molecule has 0 aliphatic heterocycles. The van der Waals surface area contributed by atoms with Gasteiger partial charge in [0.15, 0.2) is 0 Å². The summed E-state index contributed by atoms with van der Waals surface area (Å²) >= 11 is 5.58. The number of benzene rings is 4. The van der Waals surface area contributed by atoms with Gasteiger partial charge in [-0.15, -0.1) is 0 Å². The van der Waals surface area contributed by atoms with Crippen LogP contribution in [0, 0.1) is 0 Å². The molecular formula is C28H23ClF3N3O5S2. The first-order valence-electron chi connectivity index (χ1n) is 12.1. The van der Waals surface area contributed by atoms with E-state index in [1.54, 1.807) is 24.3 Å². The fourth-order valence-corrected chi connectivity index (χ4v) is 6.03. The average Bonchev–Trinajstić information content (AvgIpc) is 2.92. The molecule has 0 heterocycles. The minimum atomic E-state index is -4.77. The molecule has 8 nitrogen and oxygen atoms in total. The number of nitrogens with one attached hydrogen (secondary N) is 2. The van der Waals surface area contributed by atoms with E-state index in [0.29, 0.717) is 11.8 Å². The van der Waals surface area contributed by atoms with E-state index >= 15 is 0 Å². The third kappa shape index (κ3) is 7.60. The van der Waals surface area contributed by atoms with Gasteiger partial charge < -0.3 is 5.32 Å². The number of halogens is 4. The van der Waals surface area contributed by atoms with Gasteiger partial charge in [0, 0.05) is 16.9 Å². The summed E-state index contributed by atoms with van der Waals surface area (Å²) < 4.78 is 92.9. The predicted molar refractivity (Wildman–Crippen MR) is 156 cm³/mol. The van der Waals surface area contributed by atoms with Crippen molar-refractivity contribution in [1.82, 2.24) is 0 Å². The van der Waals surface area contributed by atoms with Crippen LogP contribution in [0.5, 0.6) is 0 Å². The smallest absolute Gasteiger partial charge is 0.322 e. The molecule has 0 atom stereocenters. The molecule has 4 aromatic rings. The highest BCUT2D eigenvalue weighted by atomic mass is 35.5. The van der Waals surface area contributed by atoms with Crippen molar-refractivity contribution in [2.45, 2.75) is 17.6 Å². The monoisotopic (exact) mass is 637 g/mol. The zero-order valence-corrected chi connectivity index (χ0v) is 24.2. The second-order valence-electron chi connectivity index (χ2n) is 9.08. The lowest BCUT2D eigenvalue weighted by atomic mass is 10.1. The normalized spacial score (nSPS) is 12.0. The Kier molecular flexibility index (Phi) is 8.85. The summed E-state index contributed by atoms with van der Waals surface area (Å²) in [5.41, 5.74) is 0.0956. The summed E-state index contributed by atoms with van der Waals surface area (Å²) in [7, 11) is -7.88. The fraction of sp³-hybridized carbons (Fsp3) is 0.107. The number of anilines is 3. The van der Waals surface area contributed by atoms with Crippen molar-refractivity contribution in [2.75, 3.05) is 20.6 Å². The summed E-state index contributed by atoms with van der Waals surface area (Å²) in [4.78, 5) is 12.5. The van der Waals surface area contributed by atoms with Crippen LogP contribution in [0.2, 0.25) is 5.02 Å². The summed E-state index contributed by atoms with van der Waals surface area (Å²) in [6.45, 7) is 0.108. The predicted octanol–water partition coefficient (Wildman–Crippen LogP) is 6.38. The van der Waals surface area contributed by atoms with E-state index in [0.717, 1.165) is 24.0 Å². The molecule has 0 fully saturated rings. The van der Waals surface area contributed by atoms with E-state index in [4.69, 9.17) is 11.6 Å². The Morgan fingerprint density at radius 1 is 0.833 bits per heavy atom. The molecule has 42 heavy (non-hydrogen) atoms. The minimum Gasteiger partial charge on any atom is -0.322 e. The topological polar surface area (TPSA) is 113 Å². The van der Waals surface area contributed by atoms with Gasteiger partial charge in [-0.05, 0) is 72.3 Å². The Labute approximate surface area is 245 Å². The van der Waals surface area contributed by atoms with E-state index in [-0.39, 0.29) is 28.4 Å². The molecule has 0 aliphatic rings. The quantitative estimate of drug-likeness (QED) is 0.221. The molecule has 0 aromatic heterocycles. The Morgan fingerprint density at radius 2 is 1.43 bits per heavy atom. The van der Waals surface area contributed by atoms with E-state index < -0.39 is 42.7 Å². The molecule has 1 amide bonds. The van der Waals surface area contributed by atoms with Gasteiger partial charge in [-0.3, -0.25) is 13.8 Å². The lowest BCUT2D eigenvalue weighted by Crippen LogP contribution is -2.29. The van der Waals surface area contributed by atoms with E-state index in [2.05, 4.69) is 10.0 Å². The molecule has 0 saturated carbocycles. The van der Waals surface area contributed by atoms with Crippen molar-refractivity contribution in [3.05, 3.63) is 119 Å². The average molecular weight is 638 g/mol. The Balaban J connectivity index is 1.45. The number of alkyl halides is 3. The number of hydrogen-bond acceptors (Lipinski definition) is 5. The van der Waals surface area contributed by atoms with Gasteiger partial charge in [-0.25, -0.2) is 16.8 Å². The zero-order chi connectivity index (χ0) is 30.7. The highest BCUT2D eigenvalue weighted by molar-refractivity contribution is 7.92. The standard InChI is InChI=1S/C28H23ClF3N3O5S2/c1-41(37,38)35(18-19-5-3-2-4-6-19)23-12-7-20(8-13-23)27(36)33-21-9-14-24(15-10-21)42(39,40)34-22-11-16-26(29)25(17-22)28(30,31)32/h2-17,34H,18H2,1H3,(H,33,36). The largest absolute Gasteiger partial charge is 0.417 e. The maximum atomic E-state index is 13.1. The second-order valence-corrected chi connectivity index (χ2v) is 13.1. The first-order chi connectivity index (χ1) is 19.6. The van der Waals surface area contributed by atoms with Gasteiger partial charge in [-0.1, -0.05) is 41.9 Å². The first-order valence-corrected chi connectivity index (χ1v) is 15.8. The maximum absolute atomic E-state index is 13.1. The van der Waals surface area contributed by atoms with Crippen LogP contribution in [0.1, 0.15) is 21.5 Å². The molecule has 0 aliphatic carbocycles. The van der Waals surface area contributed by atoms with Crippen molar-refractivity contribution in [3.63, 3.8) is 0 Å². The van der Waals surface area contributed by atoms with Gasteiger partial charge in [0.2, 0.25) is 10.0 Å². The maximum Gasteiger partial charge on any atom is 0.417 e. The van der Waals surface area contributed by atoms with Gasteiger partial charge in [0.1, 0.15) is 0 Å². The van der Waals surface area contributed by atoms with E-state index in [1.165, 1.54) is 52.8 Å². The third-order valence-corrected chi connectivity index (χ3v) is 8.80. The van der Waals surface area contributed by atoms with Crippen molar-refractivity contribution < 1.29 is 34.8 Å². The highest BCUT2D eigenvalue weighted by Gasteiger charge is 2.33. The molecule has 14 heteroatoms. The number of carbonyl (C=O) groups excluding carboxylic acids is 1. The summed E-state index contributed by atoms with van der Waals surface area (Å²) in [5.74, 6) is -0.537. The van der Waals surface area contributed by atoms with Gasteiger partial charge in [0.05, 0.1) is 34.0 Å². The molecule has 220 valence electrons. The van der Waals surface area contributed by atoms with Gasteiger partial charge in [0.25, 0.3) is 15.9 Å². The summed E-state index contributed by atoms with van der Waals surface area (Å²) in [6, 6.07) is 22.6. The molecule has 0 spiro atoms. The minimum absolute atomic E-state index is 0.108. The molecule has 0 bridgehead atoms. The first kappa shape index (κ1) is 30.9. The number of sulfonamides is 2. The fourth-order valence-electron chi connectivity index (χ4n) is 3.87. The lowest BCUT2D eigenvalue weighted by Gasteiger charge is -2.22. The van der Waals surface area contributed by atoms with Crippen LogP contribution in [0.25, 0.3) is 0 Å². The van der Waals surface area contributed by atoms with Crippen molar-refractivity contribution in [2.24, 2.45) is 0 Å². The molecule has 0 unspecified atom stereocenters. The van der Waals surface area contributed by atoms with E-state index in [9.17, 15) is 34.8 Å². The molecule has 0 radical (unpaired) electrons. The zero-order valence-electron chi connectivity index (χ0n) is 21.8. The van der Waals surface area contributed by atoms with Crippen LogP contribution in [-0.4, -0.2) is 29.0 Å². The lowest BCUT2D eigenvalue weighted by molar-refractivity contribution is -0.137. The molecule has 4 aromatic carbocycles. The van der Waals surface area contributed by atoms with Crippen molar-refractivity contribution in [1.29, 1.82) is 0 Å². The number of hydrogen-bond donors (Lipinski definition) is 2. The van der Waals surface area contributed by atoms with Crippen LogP contribution < -0.4 is 14.3 Å². The second kappa shape index (κ2) is 12.0. The molecule has 2 N–H and O–H groups in total. The SMILES string of the molecule is CS(=O)(=O)N(Cc1ccccc1)c1ccc(C(=O)Nc2ccc(S(=O)(=O)Nc3ccc(Cl)c(C(F)(F)F)c3)cc2)cc1. The Hall–Kier alpha value is -4.07. The molecule has 0 saturated heterocycles. The van der Waals surface area contributed by atoms with Crippen LogP contribution in [0.4, 0.5) is 30.2 Å². The number of carbonyl (C=O) groups is 1. The van der Waals surface area contributed by atoms with Crippen LogP contribution in [0.3, 0.4) is 0 Å².